The van der Waals surface area contributed by atoms with Crippen LogP contribution in [-0.4, -0.2) is 63.8 Å². The molecule has 7 nitrogen and oxygen atoms in total. The van der Waals surface area contributed by atoms with E-state index in [-0.39, 0.29) is 29.2 Å². The summed E-state index contributed by atoms with van der Waals surface area (Å²) in [6.45, 7) is 2.68. The number of aromatic nitrogens is 3. The lowest BCUT2D eigenvalue weighted by Crippen LogP contribution is -2.42. The average Bonchev–Trinajstić information content (AvgIpc) is 3.40. The Balaban J connectivity index is 1.50. The number of unbranched alkanes of at least 4 members (excludes halogenated alkanes) is 1. The Morgan fingerprint density at radius 3 is 2.60 bits per heavy atom. The quantitative estimate of drug-likeness (QED) is 0.548. The average molecular weight is 449 g/mol. The Labute approximate surface area is 182 Å². The molecule has 1 aliphatic carbocycles. The molecule has 2 aliphatic rings. The molecule has 1 amide bonds. The predicted octanol–water partition coefficient (Wildman–Crippen LogP) is 3.05. The summed E-state index contributed by atoms with van der Waals surface area (Å²) in [6, 6.07) is 9.79. The summed E-state index contributed by atoms with van der Waals surface area (Å²) in [4.78, 5) is 14.9. The van der Waals surface area contributed by atoms with Crippen LogP contribution in [0.15, 0.2) is 35.5 Å². The van der Waals surface area contributed by atoms with Gasteiger partial charge in [0.25, 0.3) is 0 Å². The van der Waals surface area contributed by atoms with Crippen molar-refractivity contribution in [2.45, 2.75) is 56.1 Å². The van der Waals surface area contributed by atoms with E-state index in [0.29, 0.717) is 24.0 Å². The smallest absolute Gasteiger partial charge is 0.233 e. The lowest BCUT2D eigenvalue weighted by atomic mass is 10.2. The molecule has 1 aromatic carbocycles. The molecule has 2 fully saturated rings. The van der Waals surface area contributed by atoms with Crippen LogP contribution in [0, 0.1) is 0 Å². The highest BCUT2D eigenvalue weighted by molar-refractivity contribution is 7.99. The monoisotopic (exact) mass is 448 g/mol. The van der Waals surface area contributed by atoms with E-state index in [1.165, 1.54) is 11.8 Å². The summed E-state index contributed by atoms with van der Waals surface area (Å²) in [5, 5.41) is 9.50. The molecule has 30 heavy (non-hydrogen) atoms. The van der Waals surface area contributed by atoms with Crippen molar-refractivity contribution >= 4 is 27.5 Å². The molecule has 9 heteroatoms. The Morgan fingerprint density at radius 1 is 1.20 bits per heavy atom. The number of para-hydroxylation sites is 1. The number of nitrogens with zero attached hydrogens (tertiary/aromatic N) is 4. The van der Waals surface area contributed by atoms with Crippen LogP contribution < -0.4 is 0 Å². The maximum Gasteiger partial charge on any atom is 0.233 e. The summed E-state index contributed by atoms with van der Waals surface area (Å²) in [5.74, 6) is 1.86. The minimum atomic E-state index is -3.04. The summed E-state index contributed by atoms with van der Waals surface area (Å²) < 4.78 is 25.9. The molecular weight excluding hydrogens is 420 g/mol. The first-order valence-electron chi connectivity index (χ1n) is 10.6. The molecule has 1 aliphatic heterocycles. The number of rotatable bonds is 9. The van der Waals surface area contributed by atoms with E-state index in [1.807, 2.05) is 30.3 Å². The lowest BCUT2D eigenvalue weighted by Gasteiger charge is -2.28. The van der Waals surface area contributed by atoms with Crippen molar-refractivity contribution in [3.63, 3.8) is 0 Å². The van der Waals surface area contributed by atoms with Crippen LogP contribution in [0.3, 0.4) is 0 Å². The van der Waals surface area contributed by atoms with Crippen LogP contribution in [-0.2, 0) is 14.6 Å². The summed E-state index contributed by atoms with van der Waals surface area (Å²) in [6.07, 6.45) is 4.61. The fraction of sp³-hybridized carbons (Fsp3) is 0.571. The van der Waals surface area contributed by atoms with E-state index in [4.69, 9.17) is 0 Å². The van der Waals surface area contributed by atoms with Crippen molar-refractivity contribution in [2.24, 2.45) is 0 Å². The standard InChI is InChI=1S/C21H28N4O3S2/c1-2-3-12-24(18-11-13-30(27,28)15-18)19(26)14-29-21-23-22-20(16-9-10-16)25(21)17-7-5-4-6-8-17/h4-8,16,18H,2-3,9-15H2,1H3. The second kappa shape index (κ2) is 9.09. The van der Waals surface area contributed by atoms with Crippen molar-refractivity contribution in [1.29, 1.82) is 0 Å². The van der Waals surface area contributed by atoms with E-state index >= 15 is 0 Å². The van der Waals surface area contributed by atoms with Gasteiger partial charge in [-0.15, -0.1) is 10.2 Å². The van der Waals surface area contributed by atoms with Crippen LogP contribution >= 0.6 is 11.8 Å². The van der Waals surface area contributed by atoms with Gasteiger partial charge in [0.05, 0.1) is 17.3 Å². The van der Waals surface area contributed by atoms with Gasteiger partial charge >= 0.3 is 0 Å². The molecule has 0 radical (unpaired) electrons. The highest BCUT2D eigenvalue weighted by Gasteiger charge is 2.35. The Kier molecular flexibility index (Phi) is 6.48. The van der Waals surface area contributed by atoms with Gasteiger partial charge in [-0.2, -0.15) is 0 Å². The summed E-state index contributed by atoms with van der Waals surface area (Å²) in [7, 11) is -3.04. The van der Waals surface area contributed by atoms with Crippen molar-refractivity contribution in [3.05, 3.63) is 36.2 Å². The van der Waals surface area contributed by atoms with E-state index in [9.17, 15) is 13.2 Å². The van der Waals surface area contributed by atoms with Gasteiger partial charge in [-0.05, 0) is 37.8 Å². The van der Waals surface area contributed by atoms with Crippen molar-refractivity contribution in [1.82, 2.24) is 19.7 Å². The number of amides is 1. The number of benzene rings is 1. The highest BCUT2D eigenvalue weighted by Crippen LogP contribution is 2.41. The number of carbonyl (C=O) groups excluding carboxylic acids is 1. The zero-order valence-corrected chi connectivity index (χ0v) is 18.9. The molecule has 1 unspecified atom stereocenters. The number of sulfone groups is 1. The normalized spacial score (nSPS) is 20.4. The molecule has 0 N–H and O–H groups in total. The summed E-state index contributed by atoms with van der Waals surface area (Å²) >= 11 is 1.39. The predicted molar refractivity (Wildman–Crippen MR) is 118 cm³/mol. The van der Waals surface area contributed by atoms with Gasteiger partial charge in [0.1, 0.15) is 5.82 Å². The van der Waals surface area contributed by atoms with Crippen LogP contribution in [0.5, 0.6) is 0 Å². The molecule has 1 saturated heterocycles. The van der Waals surface area contributed by atoms with Gasteiger partial charge < -0.3 is 4.90 Å². The van der Waals surface area contributed by atoms with Gasteiger partial charge in [-0.1, -0.05) is 43.3 Å². The number of thioether (sulfide) groups is 1. The Bertz CT molecular complexity index is 987. The largest absolute Gasteiger partial charge is 0.338 e. The van der Waals surface area contributed by atoms with E-state index in [1.54, 1.807) is 4.90 Å². The molecule has 1 saturated carbocycles. The Hall–Kier alpha value is -1.87. The van der Waals surface area contributed by atoms with E-state index in [2.05, 4.69) is 21.7 Å². The molecule has 0 spiro atoms. The van der Waals surface area contributed by atoms with Crippen LogP contribution in [0.1, 0.15) is 50.8 Å². The zero-order valence-electron chi connectivity index (χ0n) is 17.2. The third kappa shape index (κ3) is 4.88. The minimum Gasteiger partial charge on any atom is -0.338 e. The highest BCUT2D eigenvalue weighted by atomic mass is 32.2. The van der Waals surface area contributed by atoms with Gasteiger partial charge in [0, 0.05) is 24.2 Å². The third-order valence-electron chi connectivity index (χ3n) is 5.66. The lowest BCUT2D eigenvalue weighted by molar-refractivity contribution is -0.130. The van der Waals surface area contributed by atoms with Gasteiger partial charge in [0.2, 0.25) is 5.91 Å². The molecule has 1 atom stereocenters. The SMILES string of the molecule is CCCCN(C(=O)CSc1nnc(C2CC2)n1-c1ccccc1)C1CCS(=O)(=O)C1. The van der Waals surface area contributed by atoms with Gasteiger partial charge in [-0.3, -0.25) is 9.36 Å². The molecule has 162 valence electrons. The first-order valence-corrected chi connectivity index (χ1v) is 13.4. The second-order valence-corrected chi connectivity index (χ2v) is 11.2. The Morgan fingerprint density at radius 2 is 1.97 bits per heavy atom. The first kappa shape index (κ1) is 21.4. The van der Waals surface area contributed by atoms with Crippen LogP contribution in [0.2, 0.25) is 0 Å². The zero-order chi connectivity index (χ0) is 21.1. The van der Waals surface area contributed by atoms with Gasteiger partial charge in [0.15, 0.2) is 15.0 Å². The number of carbonyl (C=O) groups is 1. The number of hydrogen-bond acceptors (Lipinski definition) is 6. The minimum absolute atomic E-state index is 0.0221. The first-order chi connectivity index (χ1) is 14.5. The maximum absolute atomic E-state index is 13.1. The van der Waals surface area contributed by atoms with Gasteiger partial charge in [-0.25, -0.2) is 8.42 Å². The van der Waals surface area contributed by atoms with E-state index < -0.39 is 9.84 Å². The fourth-order valence-electron chi connectivity index (χ4n) is 3.87. The molecular formula is C21H28N4O3S2. The molecule has 4 rings (SSSR count). The third-order valence-corrected chi connectivity index (χ3v) is 8.33. The topological polar surface area (TPSA) is 85.2 Å². The molecule has 0 bridgehead atoms. The van der Waals surface area contributed by atoms with E-state index in [0.717, 1.165) is 37.2 Å². The second-order valence-electron chi connectivity index (χ2n) is 8.07. The number of hydrogen-bond donors (Lipinski definition) is 0. The van der Waals surface area contributed by atoms with Crippen molar-refractivity contribution in [2.75, 3.05) is 23.8 Å². The molecule has 2 aromatic rings. The molecule has 1 aromatic heterocycles. The maximum atomic E-state index is 13.1. The summed E-state index contributed by atoms with van der Waals surface area (Å²) in [5.41, 5.74) is 1.00. The van der Waals surface area contributed by atoms with Crippen LogP contribution in [0.25, 0.3) is 5.69 Å². The van der Waals surface area contributed by atoms with Crippen molar-refractivity contribution < 1.29 is 13.2 Å². The van der Waals surface area contributed by atoms with Crippen molar-refractivity contribution in [3.8, 4) is 5.69 Å². The molecule has 2 heterocycles. The van der Waals surface area contributed by atoms with Crippen LogP contribution in [0.4, 0.5) is 0 Å². The fourth-order valence-corrected chi connectivity index (χ4v) is 6.45.